The minimum atomic E-state index is 0.325. The lowest BCUT2D eigenvalue weighted by Gasteiger charge is -2.23. The summed E-state index contributed by atoms with van der Waals surface area (Å²) in [5.41, 5.74) is 8.01. The van der Waals surface area contributed by atoms with E-state index in [2.05, 4.69) is 11.9 Å². The third kappa shape index (κ3) is 2.02. The molecule has 2 rings (SSSR count). The summed E-state index contributed by atoms with van der Waals surface area (Å²) in [6.07, 6.45) is 2.20. The van der Waals surface area contributed by atoms with Crippen molar-refractivity contribution in [1.29, 1.82) is 0 Å². The first-order valence-corrected chi connectivity index (χ1v) is 6.30. The molecule has 4 heteroatoms. The Hall–Kier alpha value is -0.440. The summed E-state index contributed by atoms with van der Waals surface area (Å²) in [4.78, 5) is 2.18. The highest BCUT2D eigenvalue weighted by molar-refractivity contribution is 6.36. The van der Waals surface area contributed by atoms with Gasteiger partial charge in [-0.25, -0.2) is 0 Å². The van der Waals surface area contributed by atoms with Crippen LogP contribution in [0.3, 0.4) is 0 Å². The van der Waals surface area contributed by atoms with Crippen molar-refractivity contribution < 1.29 is 0 Å². The SMILES string of the molecule is CN1CCCC(CN)c2c(Cl)ccc(Cl)c21. The summed E-state index contributed by atoms with van der Waals surface area (Å²) in [6, 6.07) is 3.72. The maximum Gasteiger partial charge on any atom is 0.0643 e. The molecule has 0 aromatic heterocycles. The third-order valence-electron chi connectivity index (χ3n) is 3.24. The van der Waals surface area contributed by atoms with Gasteiger partial charge in [-0.05, 0) is 43.0 Å². The van der Waals surface area contributed by atoms with Crippen LogP contribution >= 0.6 is 23.2 Å². The van der Waals surface area contributed by atoms with Crippen LogP contribution in [0.4, 0.5) is 5.69 Å². The van der Waals surface area contributed by atoms with Crippen LogP contribution in [-0.4, -0.2) is 20.1 Å². The predicted octanol–water partition coefficient (Wildman–Crippen LogP) is 3.27. The molecule has 1 atom stereocenters. The van der Waals surface area contributed by atoms with E-state index in [1.54, 1.807) is 0 Å². The number of hydrogen-bond acceptors (Lipinski definition) is 2. The second-order valence-electron chi connectivity index (χ2n) is 4.29. The molecular formula is C12H16Cl2N2. The zero-order valence-corrected chi connectivity index (χ0v) is 10.9. The standard InChI is InChI=1S/C12H16Cl2N2/c1-16-6-2-3-8(7-15)11-9(13)4-5-10(14)12(11)16/h4-5,8H,2-3,6-7,15H2,1H3. The van der Waals surface area contributed by atoms with Crippen LogP contribution in [0.25, 0.3) is 0 Å². The van der Waals surface area contributed by atoms with Crippen LogP contribution in [0.15, 0.2) is 12.1 Å². The first-order chi connectivity index (χ1) is 7.65. The molecule has 0 aliphatic carbocycles. The number of nitrogens with zero attached hydrogens (tertiary/aromatic N) is 1. The van der Waals surface area contributed by atoms with Crippen molar-refractivity contribution in [3.63, 3.8) is 0 Å². The highest BCUT2D eigenvalue weighted by Gasteiger charge is 2.24. The molecule has 0 amide bonds. The highest BCUT2D eigenvalue weighted by Crippen LogP contribution is 2.42. The minimum absolute atomic E-state index is 0.325. The first-order valence-electron chi connectivity index (χ1n) is 5.54. The van der Waals surface area contributed by atoms with Crippen molar-refractivity contribution in [2.45, 2.75) is 18.8 Å². The van der Waals surface area contributed by atoms with Gasteiger partial charge in [0.25, 0.3) is 0 Å². The summed E-state index contributed by atoms with van der Waals surface area (Å²) >= 11 is 12.5. The molecule has 16 heavy (non-hydrogen) atoms. The van der Waals surface area contributed by atoms with E-state index >= 15 is 0 Å². The lowest BCUT2D eigenvalue weighted by molar-refractivity contribution is 0.619. The number of rotatable bonds is 1. The summed E-state index contributed by atoms with van der Waals surface area (Å²) < 4.78 is 0. The Bertz CT molecular complexity index is 393. The van der Waals surface area contributed by atoms with Gasteiger partial charge in [-0.3, -0.25) is 0 Å². The quantitative estimate of drug-likeness (QED) is 0.838. The lowest BCUT2D eigenvalue weighted by atomic mass is 9.94. The van der Waals surface area contributed by atoms with Crippen molar-refractivity contribution in [2.75, 3.05) is 25.0 Å². The number of hydrogen-bond donors (Lipinski definition) is 1. The zero-order chi connectivity index (χ0) is 11.7. The number of anilines is 1. The largest absolute Gasteiger partial charge is 0.373 e. The Morgan fingerprint density at radius 1 is 1.38 bits per heavy atom. The van der Waals surface area contributed by atoms with E-state index < -0.39 is 0 Å². The molecule has 0 saturated carbocycles. The molecule has 0 radical (unpaired) electrons. The third-order valence-corrected chi connectivity index (χ3v) is 3.87. The van der Waals surface area contributed by atoms with Gasteiger partial charge in [0.1, 0.15) is 0 Å². The molecular weight excluding hydrogens is 243 g/mol. The maximum atomic E-state index is 6.28. The van der Waals surface area contributed by atoms with E-state index in [0.717, 1.165) is 40.7 Å². The molecule has 0 fully saturated rings. The maximum absolute atomic E-state index is 6.28. The van der Waals surface area contributed by atoms with Gasteiger partial charge < -0.3 is 10.6 Å². The van der Waals surface area contributed by atoms with Crippen LogP contribution in [-0.2, 0) is 0 Å². The molecule has 1 heterocycles. The summed E-state index contributed by atoms with van der Waals surface area (Å²) in [7, 11) is 2.06. The molecule has 0 bridgehead atoms. The van der Waals surface area contributed by atoms with Gasteiger partial charge in [0.2, 0.25) is 0 Å². The number of fused-ring (bicyclic) bond motifs is 1. The highest BCUT2D eigenvalue weighted by atomic mass is 35.5. The van der Waals surface area contributed by atoms with Crippen LogP contribution in [0.5, 0.6) is 0 Å². The average molecular weight is 259 g/mol. The van der Waals surface area contributed by atoms with E-state index in [1.165, 1.54) is 0 Å². The molecule has 1 aromatic carbocycles. The van der Waals surface area contributed by atoms with E-state index in [1.807, 2.05) is 12.1 Å². The summed E-state index contributed by atoms with van der Waals surface area (Å²) in [5.74, 6) is 0.325. The van der Waals surface area contributed by atoms with E-state index in [0.29, 0.717) is 12.5 Å². The Balaban J connectivity index is 2.60. The van der Waals surface area contributed by atoms with Gasteiger partial charge in [-0.1, -0.05) is 23.2 Å². The number of benzene rings is 1. The number of halogens is 2. The fourth-order valence-electron chi connectivity index (χ4n) is 2.40. The lowest BCUT2D eigenvalue weighted by Crippen LogP contribution is -2.18. The minimum Gasteiger partial charge on any atom is -0.373 e. The van der Waals surface area contributed by atoms with Gasteiger partial charge in [0, 0.05) is 18.6 Å². The smallest absolute Gasteiger partial charge is 0.0643 e. The fraction of sp³-hybridized carbons (Fsp3) is 0.500. The fourth-order valence-corrected chi connectivity index (χ4v) is 3.02. The Morgan fingerprint density at radius 2 is 2.06 bits per heavy atom. The van der Waals surface area contributed by atoms with Crippen molar-refractivity contribution in [1.82, 2.24) is 0 Å². The Kier molecular flexibility index (Phi) is 3.63. The predicted molar refractivity (Wildman–Crippen MR) is 70.8 cm³/mol. The second-order valence-corrected chi connectivity index (χ2v) is 5.10. The second kappa shape index (κ2) is 4.82. The van der Waals surface area contributed by atoms with Gasteiger partial charge in [0.15, 0.2) is 0 Å². The molecule has 88 valence electrons. The average Bonchev–Trinajstić information content (AvgIpc) is 2.43. The topological polar surface area (TPSA) is 29.3 Å². The van der Waals surface area contributed by atoms with Crippen molar-refractivity contribution in [2.24, 2.45) is 5.73 Å². The summed E-state index contributed by atoms with van der Waals surface area (Å²) in [6.45, 7) is 1.63. The van der Waals surface area contributed by atoms with Crippen LogP contribution < -0.4 is 10.6 Å². The first kappa shape index (κ1) is 12.0. The Morgan fingerprint density at radius 3 is 2.75 bits per heavy atom. The molecule has 1 unspecified atom stereocenters. The molecule has 0 saturated heterocycles. The molecule has 1 aliphatic rings. The van der Waals surface area contributed by atoms with Gasteiger partial charge in [-0.2, -0.15) is 0 Å². The molecule has 0 spiro atoms. The molecule has 1 aliphatic heterocycles. The van der Waals surface area contributed by atoms with Gasteiger partial charge in [-0.15, -0.1) is 0 Å². The number of nitrogens with two attached hydrogens (primary N) is 1. The Labute approximate surface area is 106 Å². The van der Waals surface area contributed by atoms with Crippen LogP contribution in [0.1, 0.15) is 24.3 Å². The van der Waals surface area contributed by atoms with Crippen LogP contribution in [0, 0.1) is 0 Å². The molecule has 2 nitrogen and oxygen atoms in total. The molecule has 2 N–H and O–H groups in total. The van der Waals surface area contributed by atoms with E-state index in [4.69, 9.17) is 28.9 Å². The van der Waals surface area contributed by atoms with Crippen LogP contribution in [0.2, 0.25) is 10.0 Å². The van der Waals surface area contributed by atoms with Crippen molar-refractivity contribution >= 4 is 28.9 Å². The van der Waals surface area contributed by atoms with E-state index in [9.17, 15) is 0 Å². The van der Waals surface area contributed by atoms with Crippen molar-refractivity contribution in [3.8, 4) is 0 Å². The monoisotopic (exact) mass is 258 g/mol. The zero-order valence-electron chi connectivity index (χ0n) is 9.34. The molecule has 1 aromatic rings. The van der Waals surface area contributed by atoms with E-state index in [-0.39, 0.29) is 0 Å². The van der Waals surface area contributed by atoms with Gasteiger partial charge in [0.05, 0.1) is 10.7 Å². The summed E-state index contributed by atoms with van der Waals surface area (Å²) in [5, 5.41) is 1.55. The van der Waals surface area contributed by atoms with Crippen molar-refractivity contribution in [3.05, 3.63) is 27.7 Å². The van der Waals surface area contributed by atoms with Gasteiger partial charge >= 0.3 is 0 Å². The normalized spacial score (nSPS) is 20.5.